The predicted octanol–water partition coefficient (Wildman–Crippen LogP) is 1.94. The van der Waals surface area contributed by atoms with Gasteiger partial charge in [-0.2, -0.15) is 0 Å². The molecule has 2 N–H and O–H groups in total. The largest absolute Gasteiger partial charge is 0.316 e. The first-order chi connectivity index (χ1) is 8.29. The zero-order valence-electron chi connectivity index (χ0n) is 13.1. The Morgan fingerprint density at radius 2 is 1.67 bits per heavy atom. The molecule has 0 radical (unpaired) electrons. The zero-order chi connectivity index (χ0) is 13.6. The van der Waals surface area contributed by atoms with E-state index in [1.807, 2.05) is 0 Å². The van der Waals surface area contributed by atoms with Crippen molar-refractivity contribution in [3.8, 4) is 0 Å². The van der Waals surface area contributed by atoms with Gasteiger partial charge in [0.15, 0.2) is 0 Å². The van der Waals surface area contributed by atoms with E-state index in [-0.39, 0.29) is 0 Å². The van der Waals surface area contributed by atoms with Gasteiger partial charge in [0.2, 0.25) is 0 Å². The summed E-state index contributed by atoms with van der Waals surface area (Å²) in [5.74, 6) is 0. The van der Waals surface area contributed by atoms with E-state index in [0.29, 0.717) is 10.8 Å². The quantitative estimate of drug-likeness (QED) is 0.710. The molecule has 108 valence electrons. The fourth-order valence-corrected chi connectivity index (χ4v) is 2.42. The van der Waals surface area contributed by atoms with Gasteiger partial charge >= 0.3 is 0 Å². The fraction of sp³-hybridized carbons (Fsp3) is 1.00. The topological polar surface area (TPSA) is 27.3 Å². The Hall–Kier alpha value is -0.120. The number of rotatable bonds is 6. The number of nitrogens with one attached hydrogen (secondary N) is 2. The normalized spacial score (nSPS) is 19.2. The minimum absolute atomic E-state index is 0.370. The summed E-state index contributed by atoms with van der Waals surface area (Å²) in [6.07, 6.45) is 1.25. The van der Waals surface area contributed by atoms with Crippen molar-refractivity contribution in [1.82, 2.24) is 15.5 Å². The summed E-state index contributed by atoms with van der Waals surface area (Å²) in [6.45, 7) is 19.8. The Balaban J connectivity index is 2.18. The van der Waals surface area contributed by atoms with E-state index in [0.717, 1.165) is 26.2 Å². The molecule has 1 heterocycles. The number of piperazine rings is 1. The van der Waals surface area contributed by atoms with Crippen LogP contribution in [0.2, 0.25) is 0 Å². The van der Waals surface area contributed by atoms with E-state index in [1.165, 1.54) is 26.1 Å². The van der Waals surface area contributed by atoms with Gasteiger partial charge < -0.3 is 15.5 Å². The molecule has 0 aliphatic carbocycles. The third-order valence-electron chi connectivity index (χ3n) is 3.52. The van der Waals surface area contributed by atoms with E-state index < -0.39 is 0 Å². The van der Waals surface area contributed by atoms with Gasteiger partial charge in [-0.05, 0) is 23.8 Å². The Morgan fingerprint density at radius 1 is 1.06 bits per heavy atom. The Kier molecular flexibility index (Phi) is 6.09. The van der Waals surface area contributed by atoms with Crippen LogP contribution in [-0.4, -0.2) is 50.7 Å². The minimum atomic E-state index is 0.370. The lowest BCUT2D eigenvalue weighted by Gasteiger charge is -2.35. The second-order valence-electron chi connectivity index (χ2n) is 7.68. The van der Waals surface area contributed by atoms with E-state index in [4.69, 9.17) is 0 Å². The summed E-state index contributed by atoms with van der Waals surface area (Å²) in [5, 5.41) is 7.04. The second kappa shape index (κ2) is 6.88. The standard InChI is InChI=1S/C15H33N3/c1-14(2,3)6-7-17-12-15(4,5)13-18-10-8-16-9-11-18/h16-17H,6-13H2,1-5H3. The molecule has 0 spiro atoms. The molecule has 0 aromatic carbocycles. The molecule has 0 aromatic heterocycles. The third kappa shape index (κ3) is 7.34. The van der Waals surface area contributed by atoms with Gasteiger partial charge in [-0.15, -0.1) is 0 Å². The van der Waals surface area contributed by atoms with Gasteiger partial charge in [0.1, 0.15) is 0 Å². The number of hydrogen-bond acceptors (Lipinski definition) is 3. The molecule has 3 heteroatoms. The van der Waals surface area contributed by atoms with Crippen molar-refractivity contribution in [3.05, 3.63) is 0 Å². The number of hydrogen-bond donors (Lipinski definition) is 2. The minimum Gasteiger partial charge on any atom is -0.316 e. The molecule has 0 unspecified atom stereocenters. The molecule has 0 aromatic rings. The van der Waals surface area contributed by atoms with Gasteiger partial charge in [-0.3, -0.25) is 0 Å². The van der Waals surface area contributed by atoms with Crippen LogP contribution in [0.5, 0.6) is 0 Å². The first kappa shape index (κ1) is 15.9. The molecular formula is C15H33N3. The third-order valence-corrected chi connectivity index (χ3v) is 3.52. The molecule has 18 heavy (non-hydrogen) atoms. The molecule has 0 bridgehead atoms. The first-order valence-electron chi connectivity index (χ1n) is 7.42. The predicted molar refractivity (Wildman–Crippen MR) is 80.0 cm³/mol. The monoisotopic (exact) mass is 255 g/mol. The lowest BCUT2D eigenvalue weighted by molar-refractivity contribution is 0.157. The summed E-state index contributed by atoms with van der Waals surface area (Å²) in [4.78, 5) is 2.59. The highest BCUT2D eigenvalue weighted by atomic mass is 15.2. The molecule has 0 saturated carbocycles. The van der Waals surface area contributed by atoms with Crippen molar-refractivity contribution in [2.75, 3.05) is 45.8 Å². The summed E-state index contributed by atoms with van der Waals surface area (Å²) in [5.41, 5.74) is 0.810. The van der Waals surface area contributed by atoms with E-state index in [2.05, 4.69) is 50.2 Å². The SMILES string of the molecule is CC(C)(C)CCNCC(C)(C)CN1CCNCC1. The Bertz CT molecular complexity index is 224. The van der Waals surface area contributed by atoms with Crippen molar-refractivity contribution in [1.29, 1.82) is 0 Å². The van der Waals surface area contributed by atoms with Crippen molar-refractivity contribution in [2.45, 2.75) is 41.0 Å². The van der Waals surface area contributed by atoms with Gasteiger partial charge in [-0.25, -0.2) is 0 Å². The van der Waals surface area contributed by atoms with Crippen LogP contribution in [-0.2, 0) is 0 Å². The molecule has 1 rings (SSSR count). The Morgan fingerprint density at radius 3 is 2.22 bits per heavy atom. The molecule has 1 aliphatic heterocycles. The summed E-state index contributed by atoms with van der Waals surface area (Å²) in [7, 11) is 0. The van der Waals surface area contributed by atoms with Crippen molar-refractivity contribution < 1.29 is 0 Å². The average molecular weight is 255 g/mol. The van der Waals surface area contributed by atoms with Crippen molar-refractivity contribution >= 4 is 0 Å². The van der Waals surface area contributed by atoms with Crippen LogP contribution in [0.15, 0.2) is 0 Å². The highest BCUT2D eigenvalue weighted by molar-refractivity contribution is 4.79. The van der Waals surface area contributed by atoms with Gasteiger partial charge in [0.05, 0.1) is 0 Å². The fourth-order valence-electron chi connectivity index (χ4n) is 2.42. The lowest BCUT2D eigenvalue weighted by Crippen LogP contribution is -2.49. The molecule has 1 saturated heterocycles. The highest BCUT2D eigenvalue weighted by Crippen LogP contribution is 2.19. The van der Waals surface area contributed by atoms with Crippen LogP contribution in [0.4, 0.5) is 0 Å². The molecule has 1 aliphatic rings. The summed E-state index contributed by atoms with van der Waals surface area (Å²) >= 11 is 0. The van der Waals surface area contributed by atoms with Gasteiger partial charge in [0.25, 0.3) is 0 Å². The smallest absolute Gasteiger partial charge is 0.0108 e. The molecule has 3 nitrogen and oxygen atoms in total. The van der Waals surface area contributed by atoms with Crippen LogP contribution >= 0.6 is 0 Å². The van der Waals surface area contributed by atoms with Gasteiger partial charge in [-0.1, -0.05) is 34.6 Å². The van der Waals surface area contributed by atoms with Gasteiger partial charge in [0, 0.05) is 39.3 Å². The molecule has 0 amide bonds. The van der Waals surface area contributed by atoms with Crippen LogP contribution in [0.25, 0.3) is 0 Å². The van der Waals surface area contributed by atoms with E-state index >= 15 is 0 Å². The molecule has 1 fully saturated rings. The van der Waals surface area contributed by atoms with Crippen LogP contribution in [0, 0.1) is 10.8 Å². The second-order valence-corrected chi connectivity index (χ2v) is 7.68. The van der Waals surface area contributed by atoms with Crippen LogP contribution in [0.3, 0.4) is 0 Å². The highest BCUT2D eigenvalue weighted by Gasteiger charge is 2.22. The van der Waals surface area contributed by atoms with E-state index in [9.17, 15) is 0 Å². The average Bonchev–Trinajstić information content (AvgIpc) is 2.24. The maximum Gasteiger partial charge on any atom is 0.0108 e. The summed E-state index contributed by atoms with van der Waals surface area (Å²) in [6, 6.07) is 0. The lowest BCUT2D eigenvalue weighted by atomic mass is 9.90. The molecular weight excluding hydrogens is 222 g/mol. The maximum atomic E-state index is 3.63. The number of nitrogens with zero attached hydrogens (tertiary/aromatic N) is 1. The Labute approximate surface area is 114 Å². The first-order valence-corrected chi connectivity index (χ1v) is 7.42. The van der Waals surface area contributed by atoms with Crippen LogP contribution in [0.1, 0.15) is 41.0 Å². The maximum absolute atomic E-state index is 3.63. The van der Waals surface area contributed by atoms with Crippen molar-refractivity contribution in [2.24, 2.45) is 10.8 Å². The van der Waals surface area contributed by atoms with Crippen LogP contribution < -0.4 is 10.6 Å². The molecule has 0 atom stereocenters. The van der Waals surface area contributed by atoms with Crippen molar-refractivity contribution in [3.63, 3.8) is 0 Å². The zero-order valence-corrected chi connectivity index (χ0v) is 13.1. The van der Waals surface area contributed by atoms with E-state index in [1.54, 1.807) is 0 Å². The summed E-state index contributed by atoms with van der Waals surface area (Å²) < 4.78 is 0.